The van der Waals surface area contributed by atoms with E-state index in [4.69, 9.17) is 16.9 Å². The van der Waals surface area contributed by atoms with Gasteiger partial charge in [-0.3, -0.25) is 9.59 Å². The molecule has 0 spiro atoms. The Kier molecular flexibility index (Phi) is 7.07. The Morgan fingerprint density at radius 2 is 1.88 bits per heavy atom. The first-order chi connectivity index (χ1) is 11.6. The average Bonchev–Trinajstić information content (AvgIpc) is 2.60. The number of amides is 2. The van der Waals surface area contributed by atoms with E-state index in [0.29, 0.717) is 22.9 Å². The maximum atomic E-state index is 12.4. The molecule has 1 fully saturated rings. The Morgan fingerprint density at radius 1 is 1.21 bits per heavy atom. The fourth-order valence-electron chi connectivity index (χ4n) is 3.08. The van der Waals surface area contributed by atoms with E-state index < -0.39 is 6.04 Å². The number of halogens is 1. The first-order valence-electron chi connectivity index (χ1n) is 8.31. The van der Waals surface area contributed by atoms with Crippen LogP contribution in [0.1, 0.15) is 48.9 Å². The fourth-order valence-corrected chi connectivity index (χ4v) is 3.21. The zero-order chi connectivity index (χ0) is 17.4. The molecule has 1 aromatic carbocycles. The van der Waals surface area contributed by atoms with Gasteiger partial charge >= 0.3 is 0 Å². The summed E-state index contributed by atoms with van der Waals surface area (Å²) >= 11 is 5.83. The summed E-state index contributed by atoms with van der Waals surface area (Å²) in [6, 6.07) is 7.81. The average molecular weight is 348 g/mol. The van der Waals surface area contributed by atoms with Crippen LogP contribution < -0.4 is 10.6 Å². The minimum absolute atomic E-state index is 0.0587. The molecular formula is C18H22ClN3O2. The third-order valence-electron chi connectivity index (χ3n) is 4.36. The number of carbonyl (C=O) groups excluding carboxylic acids is 2. The first-order valence-corrected chi connectivity index (χ1v) is 8.69. The third kappa shape index (κ3) is 5.54. The van der Waals surface area contributed by atoms with E-state index in [1.165, 1.54) is 19.3 Å². The molecule has 0 aromatic heterocycles. The number of rotatable bonds is 6. The number of nitriles is 1. The maximum Gasteiger partial charge on any atom is 0.251 e. The molecule has 1 unspecified atom stereocenters. The number of hydrogen-bond acceptors (Lipinski definition) is 3. The van der Waals surface area contributed by atoms with Gasteiger partial charge in [-0.1, -0.05) is 43.7 Å². The van der Waals surface area contributed by atoms with E-state index in [-0.39, 0.29) is 18.4 Å². The molecule has 1 aromatic rings. The predicted molar refractivity (Wildman–Crippen MR) is 92.5 cm³/mol. The van der Waals surface area contributed by atoms with Crippen LogP contribution in [-0.2, 0) is 4.79 Å². The lowest BCUT2D eigenvalue weighted by Crippen LogP contribution is -2.48. The molecule has 0 heterocycles. The van der Waals surface area contributed by atoms with E-state index >= 15 is 0 Å². The summed E-state index contributed by atoms with van der Waals surface area (Å²) in [6.45, 7) is -0.0587. The van der Waals surface area contributed by atoms with Gasteiger partial charge in [-0.25, -0.2) is 0 Å². The standard InChI is InChI=1S/C18H22ClN3O2/c19-15-8-6-14(7-9-15)17(23)22-16(18(24)21-11-10-20)12-13-4-2-1-3-5-13/h6-9,13,16H,1-5,11-12H2,(H,21,24)(H,22,23). The molecule has 0 bridgehead atoms. The van der Waals surface area contributed by atoms with Crippen LogP contribution >= 0.6 is 11.6 Å². The minimum atomic E-state index is -0.621. The topological polar surface area (TPSA) is 82.0 Å². The molecule has 6 heteroatoms. The summed E-state index contributed by atoms with van der Waals surface area (Å²) < 4.78 is 0. The van der Waals surface area contributed by atoms with Crippen LogP contribution in [0.4, 0.5) is 0 Å². The Balaban J connectivity index is 2.03. The van der Waals surface area contributed by atoms with Gasteiger partial charge in [0.05, 0.1) is 6.07 Å². The summed E-state index contributed by atoms with van der Waals surface area (Å²) in [4.78, 5) is 24.7. The summed E-state index contributed by atoms with van der Waals surface area (Å²) in [6.07, 6.45) is 6.35. The molecule has 0 radical (unpaired) electrons. The molecule has 2 N–H and O–H groups in total. The molecule has 0 aliphatic heterocycles. The highest BCUT2D eigenvalue weighted by molar-refractivity contribution is 6.30. The number of nitrogens with one attached hydrogen (secondary N) is 2. The molecule has 2 rings (SSSR count). The molecule has 1 saturated carbocycles. The van der Waals surface area contributed by atoms with E-state index in [1.807, 2.05) is 6.07 Å². The van der Waals surface area contributed by atoms with Crippen molar-refractivity contribution < 1.29 is 9.59 Å². The van der Waals surface area contributed by atoms with Gasteiger partial charge in [0.1, 0.15) is 12.6 Å². The summed E-state index contributed by atoms with van der Waals surface area (Å²) in [5.74, 6) is -0.175. The molecule has 1 aliphatic rings. The Bertz CT molecular complexity index is 604. The van der Waals surface area contributed by atoms with Crippen LogP contribution in [0.2, 0.25) is 5.02 Å². The number of carbonyl (C=O) groups is 2. The van der Waals surface area contributed by atoms with Crippen LogP contribution in [0.25, 0.3) is 0 Å². The number of hydrogen-bond donors (Lipinski definition) is 2. The van der Waals surface area contributed by atoms with Gasteiger partial charge in [-0.15, -0.1) is 0 Å². The highest BCUT2D eigenvalue weighted by atomic mass is 35.5. The Labute approximate surface area is 147 Å². The molecule has 24 heavy (non-hydrogen) atoms. The zero-order valence-electron chi connectivity index (χ0n) is 13.6. The normalized spacial score (nSPS) is 16.0. The smallest absolute Gasteiger partial charge is 0.251 e. The van der Waals surface area contributed by atoms with Gasteiger partial charge in [0.25, 0.3) is 5.91 Å². The molecule has 0 saturated heterocycles. The summed E-state index contributed by atoms with van der Waals surface area (Å²) in [5, 5.41) is 14.5. The van der Waals surface area contributed by atoms with Crippen molar-refractivity contribution >= 4 is 23.4 Å². The highest BCUT2D eigenvalue weighted by Crippen LogP contribution is 2.27. The lowest BCUT2D eigenvalue weighted by molar-refractivity contribution is -0.123. The molecule has 5 nitrogen and oxygen atoms in total. The van der Waals surface area contributed by atoms with Crippen molar-refractivity contribution in [3.63, 3.8) is 0 Å². The fraction of sp³-hybridized carbons (Fsp3) is 0.500. The first kappa shape index (κ1) is 18.3. The molecule has 128 valence electrons. The van der Waals surface area contributed by atoms with Crippen molar-refractivity contribution in [1.82, 2.24) is 10.6 Å². The largest absolute Gasteiger partial charge is 0.341 e. The van der Waals surface area contributed by atoms with Gasteiger partial charge in [0.15, 0.2) is 0 Å². The predicted octanol–water partition coefficient (Wildman–Crippen LogP) is 3.05. The van der Waals surface area contributed by atoms with Gasteiger partial charge in [-0.2, -0.15) is 5.26 Å². The molecule has 2 amide bonds. The lowest BCUT2D eigenvalue weighted by Gasteiger charge is -2.26. The summed E-state index contributed by atoms with van der Waals surface area (Å²) in [7, 11) is 0. The van der Waals surface area contributed by atoms with Gasteiger partial charge in [0, 0.05) is 10.6 Å². The van der Waals surface area contributed by atoms with Crippen LogP contribution in [0.5, 0.6) is 0 Å². The third-order valence-corrected chi connectivity index (χ3v) is 4.62. The second kappa shape index (κ2) is 9.29. The lowest BCUT2D eigenvalue weighted by atomic mass is 9.84. The van der Waals surface area contributed by atoms with Crippen LogP contribution in [0.15, 0.2) is 24.3 Å². The van der Waals surface area contributed by atoms with E-state index in [9.17, 15) is 9.59 Å². The quantitative estimate of drug-likeness (QED) is 0.776. The second-order valence-electron chi connectivity index (χ2n) is 6.15. The van der Waals surface area contributed by atoms with E-state index in [0.717, 1.165) is 12.8 Å². The number of nitrogens with zero attached hydrogens (tertiary/aromatic N) is 1. The summed E-state index contributed by atoms with van der Waals surface area (Å²) in [5.41, 5.74) is 0.459. The van der Waals surface area contributed by atoms with Crippen molar-refractivity contribution in [2.75, 3.05) is 6.54 Å². The van der Waals surface area contributed by atoms with Crippen molar-refractivity contribution in [3.05, 3.63) is 34.9 Å². The SMILES string of the molecule is N#CCNC(=O)C(CC1CCCCC1)NC(=O)c1ccc(Cl)cc1. The van der Waals surface area contributed by atoms with E-state index in [1.54, 1.807) is 24.3 Å². The molecule has 1 aliphatic carbocycles. The Hall–Kier alpha value is -2.06. The van der Waals surface area contributed by atoms with Crippen molar-refractivity contribution in [2.24, 2.45) is 5.92 Å². The van der Waals surface area contributed by atoms with Crippen molar-refractivity contribution in [3.8, 4) is 6.07 Å². The Morgan fingerprint density at radius 3 is 2.50 bits per heavy atom. The van der Waals surface area contributed by atoms with Gasteiger partial charge in [0.2, 0.25) is 5.91 Å². The monoisotopic (exact) mass is 347 g/mol. The van der Waals surface area contributed by atoms with Crippen molar-refractivity contribution in [2.45, 2.75) is 44.6 Å². The second-order valence-corrected chi connectivity index (χ2v) is 6.59. The van der Waals surface area contributed by atoms with Gasteiger partial charge in [-0.05, 0) is 36.6 Å². The molecular weight excluding hydrogens is 326 g/mol. The van der Waals surface area contributed by atoms with Crippen LogP contribution in [0, 0.1) is 17.2 Å². The number of benzene rings is 1. The van der Waals surface area contributed by atoms with E-state index in [2.05, 4.69) is 10.6 Å². The van der Waals surface area contributed by atoms with Crippen LogP contribution in [-0.4, -0.2) is 24.4 Å². The maximum absolute atomic E-state index is 12.4. The zero-order valence-corrected chi connectivity index (χ0v) is 14.3. The minimum Gasteiger partial charge on any atom is -0.341 e. The van der Waals surface area contributed by atoms with Gasteiger partial charge < -0.3 is 10.6 Å². The van der Waals surface area contributed by atoms with Crippen molar-refractivity contribution in [1.29, 1.82) is 5.26 Å². The molecule has 1 atom stereocenters. The van der Waals surface area contributed by atoms with Crippen LogP contribution in [0.3, 0.4) is 0 Å². The highest BCUT2D eigenvalue weighted by Gasteiger charge is 2.26.